The molecule has 1 heterocycles. The van der Waals surface area contributed by atoms with Crippen LogP contribution in [0.3, 0.4) is 0 Å². The summed E-state index contributed by atoms with van der Waals surface area (Å²) in [6.45, 7) is 3.48. The van der Waals surface area contributed by atoms with Crippen LogP contribution in [0.1, 0.15) is 24.8 Å². The smallest absolute Gasteiger partial charge is 0.307 e. The number of anilines is 1. The van der Waals surface area contributed by atoms with E-state index in [1.54, 1.807) is 13.0 Å². The van der Waals surface area contributed by atoms with Crippen molar-refractivity contribution >= 4 is 23.3 Å². The molecule has 2 N–H and O–H groups in total. The van der Waals surface area contributed by atoms with Gasteiger partial charge in [-0.05, 0) is 31.9 Å². The molecule has 1 atom stereocenters. The Morgan fingerprint density at radius 1 is 1.46 bits per heavy atom. The maximum atomic E-state index is 12.1. The molecule has 0 bridgehead atoms. The van der Waals surface area contributed by atoms with E-state index in [0.29, 0.717) is 25.2 Å². The van der Waals surface area contributed by atoms with Crippen molar-refractivity contribution in [2.75, 3.05) is 25.0 Å². The first-order valence-corrected chi connectivity index (χ1v) is 7.87. The highest BCUT2D eigenvalue weighted by molar-refractivity contribution is 5.92. The maximum Gasteiger partial charge on any atom is 0.307 e. The number of carbonyl (C=O) groups is 2. The number of carbonyl (C=O) groups excluding carboxylic acids is 1. The average Bonchev–Trinajstić information content (AvgIpc) is 2.55. The zero-order valence-corrected chi connectivity index (χ0v) is 13.5. The summed E-state index contributed by atoms with van der Waals surface area (Å²) in [5, 5.41) is 22.6. The summed E-state index contributed by atoms with van der Waals surface area (Å²) in [4.78, 5) is 35.4. The van der Waals surface area contributed by atoms with E-state index in [0.717, 1.165) is 18.5 Å². The first-order chi connectivity index (χ1) is 11.4. The number of nitro benzene ring substituents is 1. The fourth-order valence-electron chi connectivity index (χ4n) is 2.79. The molecule has 0 radical (unpaired) electrons. The van der Waals surface area contributed by atoms with Crippen molar-refractivity contribution in [3.05, 3.63) is 33.9 Å². The van der Waals surface area contributed by atoms with E-state index < -0.39 is 10.9 Å². The topological polar surface area (TPSA) is 113 Å². The van der Waals surface area contributed by atoms with Gasteiger partial charge in [-0.15, -0.1) is 0 Å². The van der Waals surface area contributed by atoms with Crippen LogP contribution in [0.15, 0.2) is 18.2 Å². The van der Waals surface area contributed by atoms with E-state index in [1.807, 2.05) is 4.90 Å². The molecule has 0 saturated carbocycles. The van der Waals surface area contributed by atoms with Crippen molar-refractivity contribution in [3.63, 3.8) is 0 Å². The third kappa shape index (κ3) is 4.76. The van der Waals surface area contributed by atoms with E-state index >= 15 is 0 Å². The molecule has 2 rings (SSSR count). The van der Waals surface area contributed by atoms with E-state index in [4.69, 9.17) is 5.11 Å². The average molecular weight is 335 g/mol. The highest BCUT2D eigenvalue weighted by atomic mass is 16.6. The van der Waals surface area contributed by atoms with Crippen molar-refractivity contribution < 1.29 is 19.6 Å². The minimum Gasteiger partial charge on any atom is -0.481 e. The summed E-state index contributed by atoms with van der Waals surface area (Å²) in [5.74, 6) is -1.41. The molecule has 1 aromatic rings. The first-order valence-electron chi connectivity index (χ1n) is 7.87. The standard InChI is InChI=1S/C16H21N3O5/c1-11-4-5-13(19(23)24)9-14(11)17-15(20)6-8-18-7-2-3-12(10-18)16(21)22/h4-5,9,12H,2-3,6-8,10H2,1H3,(H,17,20)(H,21,22). The van der Waals surface area contributed by atoms with Crippen LogP contribution in [0.25, 0.3) is 0 Å². The third-order valence-corrected chi connectivity index (χ3v) is 4.22. The largest absolute Gasteiger partial charge is 0.481 e. The van der Waals surface area contributed by atoms with Gasteiger partial charge in [0, 0.05) is 31.6 Å². The van der Waals surface area contributed by atoms with Crippen LogP contribution in [-0.2, 0) is 9.59 Å². The fourth-order valence-corrected chi connectivity index (χ4v) is 2.79. The Bertz CT molecular complexity index is 647. The SMILES string of the molecule is Cc1ccc([N+](=O)[O-])cc1NC(=O)CCN1CCCC(C(=O)O)C1. The summed E-state index contributed by atoms with van der Waals surface area (Å²) in [6, 6.07) is 4.33. The van der Waals surface area contributed by atoms with Gasteiger partial charge < -0.3 is 15.3 Å². The highest BCUT2D eigenvalue weighted by Crippen LogP contribution is 2.22. The summed E-state index contributed by atoms with van der Waals surface area (Å²) >= 11 is 0. The van der Waals surface area contributed by atoms with Gasteiger partial charge in [0.25, 0.3) is 5.69 Å². The van der Waals surface area contributed by atoms with Gasteiger partial charge in [-0.25, -0.2) is 0 Å². The van der Waals surface area contributed by atoms with E-state index in [1.165, 1.54) is 12.1 Å². The molecule has 0 spiro atoms. The molecule has 1 aliphatic rings. The van der Waals surface area contributed by atoms with Crippen LogP contribution in [0.2, 0.25) is 0 Å². The van der Waals surface area contributed by atoms with Crippen molar-refractivity contribution in [1.82, 2.24) is 4.90 Å². The van der Waals surface area contributed by atoms with Gasteiger partial charge in [-0.3, -0.25) is 19.7 Å². The highest BCUT2D eigenvalue weighted by Gasteiger charge is 2.25. The molecule has 8 heteroatoms. The molecule has 1 unspecified atom stereocenters. The number of aryl methyl sites for hydroxylation is 1. The first kappa shape index (κ1) is 17.9. The second-order valence-electron chi connectivity index (χ2n) is 6.03. The predicted molar refractivity (Wildman–Crippen MR) is 87.9 cm³/mol. The van der Waals surface area contributed by atoms with Gasteiger partial charge in [-0.1, -0.05) is 6.07 Å². The van der Waals surface area contributed by atoms with Crippen LogP contribution in [0.5, 0.6) is 0 Å². The molecular formula is C16H21N3O5. The Hall–Kier alpha value is -2.48. The van der Waals surface area contributed by atoms with Crippen molar-refractivity contribution in [2.24, 2.45) is 5.92 Å². The molecule has 1 saturated heterocycles. The quantitative estimate of drug-likeness (QED) is 0.607. The summed E-state index contributed by atoms with van der Waals surface area (Å²) in [5.41, 5.74) is 1.10. The number of nitrogens with one attached hydrogen (secondary N) is 1. The lowest BCUT2D eigenvalue weighted by Gasteiger charge is -2.30. The number of benzene rings is 1. The Morgan fingerprint density at radius 2 is 2.21 bits per heavy atom. The van der Waals surface area contributed by atoms with Gasteiger partial charge >= 0.3 is 5.97 Å². The number of carboxylic acids is 1. The van der Waals surface area contributed by atoms with Crippen molar-refractivity contribution in [3.8, 4) is 0 Å². The second-order valence-corrected chi connectivity index (χ2v) is 6.03. The molecule has 0 aliphatic carbocycles. The molecule has 0 aromatic heterocycles. The Kier molecular flexibility index (Phi) is 5.86. The van der Waals surface area contributed by atoms with Gasteiger partial charge in [0.15, 0.2) is 0 Å². The molecule has 1 amide bonds. The van der Waals surface area contributed by atoms with Gasteiger partial charge in [0.05, 0.1) is 16.5 Å². The van der Waals surface area contributed by atoms with E-state index in [-0.39, 0.29) is 23.9 Å². The lowest BCUT2D eigenvalue weighted by Crippen LogP contribution is -2.40. The van der Waals surface area contributed by atoms with E-state index in [9.17, 15) is 19.7 Å². The number of hydrogen-bond donors (Lipinski definition) is 2. The molecule has 8 nitrogen and oxygen atoms in total. The predicted octanol–water partition coefficient (Wildman–Crippen LogP) is 2.03. The van der Waals surface area contributed by atoms with Gasteiger partial charge in [0.1, 0.15) is 0 Å². The van der Waals surface area contributed by atoms with E-state index in [2.05, 4.69) is 5.32 Å². The Morgan fingerprint density at radius 3 is 2.88 bits per heavy atom. The molecule has 1 aromatic carbocycles. The molecule has 1 fully saturated rings. The number of nitro groups is 1. The molecule has 1 aliphatic heterocycles. The van der Waals surface area contributed by atoms with Crippen LogP contribution in [0.4, 0.5) is 11.4 Å². The van der Waals surface area contributed by atoms with Crippen LogP contribution in [0, 0.1) is 23.0 Å². The summed E-state index contributed by atoms with van der Waals surface area (Å²) in [6.07, 6.45) is 1.70. The number of aliphatic carboxylic acids is 1. The van der Waals surface area contributed by atoms with Crippen molar-refractivity contribution in [1.29, 1.82) is 0 Å². The van der Waals surface area contributed by atoms with Crippen LogP contribution >= 0.6 is 0 Å². The normalized spacial score (nSPS) is 18.1. The minimum atomic E-state index is -0.795. The lowest BCUT2D eigenvalue weighted by molar-refractivity contribution is -0.384. The number of non-ortho nitro benzene ring substituents is 1. The van der Waals surface area contributed by atoms with Crippen molar-refractivity contribution in [2.45, 2.75) is 26.2 Å². The number of rotatable bonds is 6. The van der Waals surface area contributed by atoms with Gasteiger partial charge in [0.2, 0.25) is 5.91 Å². The number of nitrogens with zero attached hydrogens (tertiary/aromatic N) is 2. The minimum absolute atomic E-state index is 0.0729. The molecular weight excluding hydrogens is 314 g/mol. The maximum absolute atomic E-state index is 12.1. The molecule has 24 heavy (non-hydrogen) atoms. The Balaban J connectivity index is 1.88. The Labute approximate surface area is 139 Å². The number of piperidine rings is 1. The molecule has 130 valence electrons. The number of hydrogen-bond acceptors (Lipinski definition) is 5. The fraction of sp³-hybridized carbons (Fsp3) is 0.500. The number of amides is 1. The summed E-state index contributed by atoms with van der Waals surface area (Å²) < 4.78 is 0. The number of carboxylic acid groups (broad SMARTS) is 1. The van der Waals surface area contributed by atoms with Crippen LogP contribution < -0.4 is 5.32 Å². The lowest BCUT2D eigenvalue weighted by atomic mass is 9.98. The van der Waals surface area contributed by atoms with Crippen LogP contribution in [-0.4, -0.2) is 46.4 Å². The number of likely N-dealkylation sites (tertiary alicyclic amines) is 1. The zero-order chi connectivity index (χ0) is 17.7. The summed E-state index contributed by atoms with van der Waals surface area (Å²) in [7, 11) is 0. The van der Waals surface area contributed by atoms with Gasteiger partial charge in [-0.2, -0.15) is 0 Å². The zero-order valence-electron chi connectivity index (χ0n) is 13.5. The third-order valence-electron chi connectivity index (χ3n) is 4.22. The second kappa shape index (κ2) is 7.87. The monoisotopic (exact) mass is 335 g/mol.